The number of hydrogen-bond acceptors (Lipinski definition) is 2. The fourth-order valence-corrected chi connectivity index (χ4v) is 1.99. The van der Waals surface area contributed by atoms with E-state index in [0.717, 1.165) is 0 Å². The minimum Gasteiger partial charge on any atom is -0.259 e. The van der Waals surface area contributed by atoms with Crippen molar-refractivity contribution in [3.8, 4) is 6.07 Å². The van der Waals surface area contributed by atoms with Crippen LogP contribution in [0.2, 0.25) is 0 Å². The summed E-state index contributed by atoms with van der Waals surface area (Å²) in [6, 6.07) is 5.90. The van der Waals surface area contributed by atoms with Crippen LogP contribution in [-0.4, -0.2) is 9.46 Å². The van der Waals surface area contributed by atoms with Gasteiger partial charge in [-0.3, -0.25) is 4.21 Å². The predicted molar refractivity (Wildman–Crippen MR) is 58.1 cm³/mol. The van der Waals surface area contributed by atoms with Crippen molar-refractivity contribution < 1.29 is 8.60 Å². The third-order valence-corrected chi connectivity index (χ3v) is 3.66. The summed E-state index contributed by atoms with van der Waals surface area (Å²) in [7, 11) is -1.06. The van der Waals surface area contributed by atoms with Crippen molar-refractivity contribution >= 4 is 10.8 Å². The Balaban J connectivity index is 2.98. The van der Waals surface area contributed by atoms with E-state index in [4.69, 9.17) is 5.26 Å². The van der Waals surface area contributed by atoms with Gasteiger partial charge in [-0.05, 0) is 23.8 Å². The van der Waals surface area contributed by atoms with Crippen LogP contribution in [0.1, 0.15) is 25.0 Å². The van der Waals surface area contributed by atoms with Crippen molar-refractivity contribution in [2.24, 2.45) is 0 Å². The van der Waals surface area contributed by atoms with Gasteiger partial charge < -0.3 is 0 Å². The minimum absolute atomic E-state index is 0.0137. The van der Waals surface area contributed by atoms with E-state index in [2.05, 4.69) is 0 Å². The Labute approximate surface area is 91.2 Å². The average Bonchev–Trinajstić information content (AvgIpc) is 2.18. The summed E-state index contributed by atoms with van der Waals surface area (Å²) < 4.78 is 24.5. The third-order valence-electron chi connectivity index (χ3n) is 2.01. The first-order valence-corrected chi connectivity index (χ1v) is 5.98. The van der Waals surface area contributed by atoms with Crippen LogP contribution in [0, 0.1) is 17.1 Å². The largest absolute Gasteiger partial charge is 0.259 e. The van der Waals surface area contributed by atoms with Crippen LogP contribution in [0.5, 0.6) is 0 Å². The molecule has 0 spiro atoms. The number of nitrogens with zero attached hydrogens (tertiary/aromatic N) is 1. The molecule has 0 amide bonds. The minimum atomic E-state index is -1.06. The second kappa shape index (κ2) is 5.04. The second-order valence-electron chi connectivity index (χ2n) is 3.49. The van der Waals surface area contributed by atoms with Gasteiger partial charge in [0.15, 0.2) is 0 Å². The van der Waals surface area contributed by atoms with Crippen LogP contribution < -0.4 is 0 Å². The standard InChI is InChI=1S/C11H12FNOS/c1-8(2)15(14)7-10-5-11(12)4-3-9(10)6-13/h3-5,8H,7H2,1-2H3. The van der Waals surface area contributed by atoms with Crippen molar-refractivity contribution in [1.82, 2.24) is 0 Å². The molecule has 0 bridgehead atoms. The highest BCUT2D eigenvalue weighted by atomic mass is 32.2. The monoisotopic (exact) mass is 225 g/mol. The SMILES string of the molecule is CC(C)S(=O)Cc1cc(F)ccc1C#N. The zero-order valence-corrected chi connectivity index (χ0v) is 9.47. The molecule has 0 saturated carbocycles. The van der Waals surface area contributed by atoms with Crippen molar-refractivity contribution in [3.63, 3.8) is 0 Å². The number of benzene rings is 1. The fourth-order valence-electron chi connectivity index (χ4n) is 1.11. The van der Waals surface area contributed by atoms with Gasteiger partial charge >= 0.3 is 0 Å². The molecule has 1 unspecified atom stereocenters. The van der Waals surface area contributed by atoms with Crippen LogP contribution in [0.4, 0.5) is 4.39 Å². The normalized spacial score (nSPS) is 12.5. The van der Waals surface area contributed by atoms with Gasteiger partial charge in [0.1, 0.15) is 5.82 Å². The van der Waals surface area contributed by atoms with Gasteiger partial charge in [-0.15, -0.1) is 0 Å². The van der Waals surface area contributed by atoms with Gasteiger partial charge in [-0.25, -0.2) is 4.39 Å². The molecular formula is C11H12FNOS. The highest BCUT2D eigenvalue weighted by Gasteiger charge is 2.10. The summed E-state index contributed by atoms with van der Waals surface area (Å²) in [4.78, 5) is 0. The molecule has 1 aromatic rings. The summed E-state index contributed by atoms with van der Waals surface area (Å²) in [6.45, 7) is 3.67. The van der Waals surface area contributed by atoms with E-state index in [9.17, 15) is 8.60 Å². The van der Waals surface area contributed by atoms with Crippen LogP contribution >= 0.6 is 0 Å². The van der Waals surface area contributed by atoms with Crippen molar-refractivity contribution in [2.75, 3.05) is 0 Å². The molecular weight excluding hydrogens is 213 g/mol. The van der Waals surface area contributed by atoms with E-state index in [1.165, 1.54) is 18.2 Å². The molecule has 0 aliphatic carbocycles. The Morgan fingerprint density at radius 1 is 1.53 bits per heavy atom. The predicted octanol–water partition coefficient (Wildman–Crippen LogP) is 2.35. The number of rotatable bonds is 3. The molecule has 15 heavy (non-hydrogen) atoms. The van der Waals surface area contributed by atoms with Gasteiger partial charge in [0.05, 0.1) is 17.4 Å². The summed E-state index contributed by atoms with van der Waals surface area (Å²) >= 11 is 0. The molecule has 1 atom stereocenters. The van der Waals surface area contributed by atoms with Crippen molar-refractivity contribution in [3.05, 3.63) is 35.1 Å². The van der Waals surface area contributed by atoms with E-state index in [1.54, 1.807) is 0 Å². The Kier molecular flexibility index (Phi) is 3.98. The van der Waals surface area contributed by atoms with E-state index >= 15 is 0 Å². The molecule has 0 radical (unpaired) electrons. The number of hydrogen-bond donors (Lipinski definition) is 0. The molecule has 0 aromatic heterocycles. The highest BCUT2D eigenvalue weighted by molar-refractivity contribution is 7.84. The van der Waals surface area contributed by atoms with E-state index < -0.39 is 16.6 Å². The average molecular weight is 225 g/mol. The lowest BCUT2D eigenvalue weighted by atomic mass is 10.1. The third kappa shape index (κ3) is 3.14. The first-order chi connectivity index (χ1) is 7.04. The molecule has 1 rings (SSSR count). The van der Waals surface area contributed by atoms with E-state index in [1.807, 2.05) is 19.9 Å². The first-order valence-electron chi connectivity index (χ1n) is 4.60. The zero-order valence-electron chi connectivity index (χ0n) is 8.66. The Hall–Kier alpha value is -1.21. The molecule has 0 heterocycles. The van der Waals surface area contributed by atoms with Crippen LogP contribution in [0.25, 0.3) is 0 Å². The lowest BCUT2D eigenvalue weighted by Crippen LogP contribution is -2.09. The zero-order chi connectivity index (χ0) is 11.4. The lowest BCUT2D eigenvalue weighted by molar-refractivity contribution is 0.626. The maximum atomic E-state index is 12.9. The summed E-state index contributed by atoms with van der Waals surface area (Å²) in [5.41, 5.74) is 0.912. The quantitative estimate of drug-likeness (QED) is 0.792. The molecule has 80 valence electrons. The molecule has 0 aliphatic rings. The molecule has 0 fully saturated rings. The van der Waals surface area contributed by atoms with E-state index in [0.29, 0.717) is 11.1 Å². The van der Waals surface area contributed by atoms with Crippen molar-refractivity contribution in [2.45, 2.75) is 24.9 Å². The Morgan fingerprint density at radius 2 is 2.20 bits per heavy atom. The summed E-state index contributed by atoms with van der Waals surface area (Å²) in [5, 5.41) is 8.80. The maximum absolute atomic E-state index is 12.9. The Bertz CT molecular complexity index is 423. The van der Waals surface area contributed by atoms with Crippen molar-refractivity contribution in [1.29, 1.82) is 5.26 Å². The highest BCUT2D eigenvalue weighted by Crippen LogP contribution is 2.14. The summed E-state index contributed by atoms with van der Waals surface area (Å²) in [6.07, 6.45) is 0. The van der Waals surface area contributed by atoms with Gasteiger partial charge in [-0.1, -0.05) is 13.8 Å². The smallest absolute Gasteiger partial charge is 0.123 e. The first kappa shape index (κ1) is 11.9. The molecule has 4 heteroatoms. The van der Waals surface area contributed by atoms with Gasteiger partial charge in [-0.2, -0.15) is 5.26 Å². The second-order valence-corrected chi connectivity index (χ2v) is 5.48. The van der Waals surface area contributed by atoms with E-state index in [-0.39, 0.29) is 11.0 Å². The molecule has 1 aromatic carbocycles. The number of nitriles is 1. The number of halogens is 1. The maximum Gasteiger partial charge on any atom is 0.123 e. The molecule has 0 saturated heterocycles. The van der Waals surface area contributed by atoms with Gasteiger partial charge in [0.25, 0.3) is 0 Å². The van der Waals surface area contributed by atoms with Crippen LogP contribution in [0.3, 0.4) is 0 Å². The Morgan fingerprint density at radius 3 is 2.73 bits per heavy atom. The molecule has 0 aliphatic heterocycles. The fraction of sp³-hybridized carbons (Fsp3) is 0.364. The van der Waals surface area contributed by atoms with Gasteiger partial charge in [0, 0.05) is 16.0 Å². The lowest BCUT2D eigenvalue weighted by Gasteiger charge is -2.07. The summed E-state index contributed by atoms with van der Waals surface area (Å²) in [5.74, 6) is -0.164. The topological polar surface area (TPSA) is 40.9 Å². The molecule has 0 N–H and O–H groups in total. The van der Waals surface area contributed by atoms with Gasteiger partial charge in [0.2, 0.25) is 0 Å². The van der Waals surface area contributed by atoms with Crippen LogP contribution in [-0.2, 0) is 16.6 Å². The molecule has 2 nitrogen and oxygen atoms in total. The van der Waals surface area contributed by atoms with Crippen LogP contribution in [0.15, 0.2) is 18.2 Å².